The van der Waals surface area contributed by atoms with Crippen molar-refractivity contribution in [3.8, 4) is 0 Å². The average molecular weight is 287 g/mol. The fourth-order valence-corrected chi connectivity index (χ4v) is 3.08. The van der Waals surface area contributed by atoms with Crippen LogP contribution in [0.5, 0.6) is 0 Å². The number of fused-ring (bicyclic) bond motifs is 3. The number of carbonyl (C=O) groups is 1. The van der Waals surface area contributed by atoms with Gasteiger partial charge in [-0.15, -0.1) is 12.4 Å². The van der Waals surface area contributed by atoms with Gasteiger partial charge in [0.05, 0.1) is 16.6 Å². The fraction of sp³-hybridized carbons (Fsp3) is 0.462. The van der Waals surface area contributed by atoms with Gasteiger partial charge in [0.25, 0.3) is 5.91 Å². The highest BCUT2D eigenvalue weighted by atomic mass is 35.5. The molecule has 2 heterocycles. The van der Waals surface area contributed by atoms with Gasteiger partial charge < -0.3 is 10.2 Å². The van der Waals surface area contributed by atoms with Gasteiger partial charge in [-0.3, -0.25) is 4.79 Å². The van der Waals surface area contributed by atoms with E-state index >= 15 is 0 Å². The quantitative estimate of drug-likeness (QED) is 0.860. The third-order valence-electron chi connectivity index (χ3n) is 3.67. The first-order chi connectivity index (χ1) is 8.22. The predicted molar refractivity (Wildman–Crippen MR) is 74.7 cm³/mol. The van der Waals surface area contributed by atoms with E-state index in [1.54, 1.807) is 0 Å². The summed E-state index contributed by atoms with van der Waals surface area (Å²) >= 11 is 6.25. The van der Waals surface area contributed by atoms with Crippen molar-refractivity contribution in [3.63, 3.8) is 0 Å². The largest absolute Gasteiger partial charge is 0.329 e. The van der Waals surface area contributed by atoms with E-state index in [9.17, 15) is 4.79 Å². The lowest BCUT2D eigenvalue weighted by Gasteiger charge is -2.30. The smallest absolute Gasteiger partial charge is 0.256 e. The number of carbonyl (C=O) groups excluding carboxylic acids is 1. The zero-order valence-corrected chi connectivity index (χ0v) is 11.8. The zero-order valence-electron chi connectivity index (χ0n) is 10.2. The molecule has 0 saturated carbocycles. The molecule has 1 saturated heterocycles. The molecule has 2 aliphatic rings. The molecular weight excluding hydrogens is 271 g/mol. The van der Waals surface area contributed by atoms with Crippen LogP contribution in [0.15, 0.2) is 12.1 Å². The maximum Gasteiger partial charge on any atom is 0.256 e. The van der Waals surface area contributed by atoms with E-state index < -0.39 is 0 Å². The van der Waals surface area contributed by atoms with E-state index in [-0.39, 0.29) is 24.4 Å². The van der Waals surface area contributed by atoms with Crippen LogP contribution in [-0.4, -0.2) is 30.4 Å². The highest BCUT2D eigenvalue weighted by Crippen LogP contribution is 2.38. The molecule has 1 N–H and O–H groups in total. The molecule has 3 nitrogen and oxygen atoms in total. The van der Waals surface area contributed by atoms with Crippen LogP contribution >= 0.6 is 24.0 Å². The molecule has 1 atom stereocenters. The van der Waals surface area contributed by atoms with Crippen LogP contribution < -0.4 is 5.32 Å². The number of nitrogens with one attached hydrogen (secondary N) is 1. The molecule has 0 unspecified atom stereocenters. The molecule has 1 fully saturated rings. The zero-order chi connectivity index (χ0) is 12.0. The Morgan fingerprint density at radius 1 is 1.50 bits per heavy atom. The van der Waals surface area contributed by atoms with Gasteiger partial charge in [0.15, 0.2) is 0 Å². The molecule has 1 aromatic rings. The Hall–Kier alpha value is -0.770. The van der Waals surface area contributed by atoms with Gasteiger partial charge in [0.2, 0.25) is 0 Å². The number of rotatable bonds is 1. The molecule has 0 aromatic heterocycles. The highest BCUT2D eigenvalue weighted by Gasteiger charge is 2.39. The lowest BCUT2D eigenvalue weighted by atomic mass is 9.99. The fourth-order valence-electron chi connectivity index (χ4n) is 2.75. The minimum absolute atomic E-state index is 0. The molecule has 2 aliphatic heterocycles. The number of nitrogens with zero attached hydrogens (tertiary/aromatic N) is 1. The summed E-state index contributed by atoms with van der Waals surface area (Å²) in [6.07, 6.45) is 0.946. The molecule has 0 radical (unpaired) electrons. The van der Waals surface area contributed by atoms with Crippen molar-refractivity contribution < 1.29 is 4.79 Å². The Morgan fingerprint density at radius 3 is 3.00 bits per heavy atom. The van der Waals surface area contributed by atoms with Gasteiger partial charge in [-0.1, -0.05) is 24.6 Å². The molecule has 1 amide bonds. The first-order valence-electron chi connectivity index (χ1n) is 6.06. The van der Waals surface area contributed by atoms with Gasteiger partial charge in [0.1, 0.15) is 0 Å². The Morgan fingerprint density at radius 2 is 2.28 bits per heavy atom. The number of hydrogen-bond acceptors (Lipinski definition) is 2. The van der Waals surface area contributed by atoms with Crippen molar-refractivity contribution in [3.05, 3.63) is 33.8 Å². The summed E-state index contributed by atoms with van der Waals surface area (Å²) in [5.74, 6) is 0.0964. The van der Waals surface area contributed by atoms with Gasteiger partial charge in [-0.2, -0.15) is 0 Å². The molecule has 0 bridgehead atoms. The summed E-state index contributed by atoms with van der Waals surface area (Å²) < 4.78 is 0. The second kappa shape index (κ2) is 5.08. The molecule has 3 rings (SSSR count). The second-order valence-corrected chi connectivity index (χ2v) is 5.02. The summed E-state index contributed by atoms with van der Waals surface area (Å²) in [6.45, 7) is 4.58. The monoisotopic (exact) mass is 286 g/mol. The summed E-state index contributed by atoms with van der Waals surface area (Å²) in [6, 6.07) is 4.23. The predicted octanol–water partition coefficient (Wildman–Crippen LogP) is 2.42. The average Bonchev–Trinajstić information content (AvgIpc) is 2.64. The number of aryl methyl sites for hydroxylation is 1. The minimum atomic E-state index is 0. The van der Waals surface area contributed by atoms with Crippen LogP contribution in [0.4, 0.5) is 0 Å². The van der Waals surface area contributed by atoms with Gasteiger partial charge in [0, 0.05) is 19.6 Å². The summed E-state index contributed by atoms with van der Waals surface area (Å²) in [5, 5.41) is 3.95. The van der Waals surface area contributed by atoms with Crippen molar-refractivity contribution in [2.24, 2.45) is 0 Å². The molecule has 0 aliphatic carbocycles. The molecule has 18 heavy (non-hydrogen) atoms. The highest BCUT2D eigenvalue weighted by molar-refractivity contribution is 6.34. The normalized spacial score (nSPS) is 21.3. The Labute approximate surface area is 118 Å². The number of hydrogen-bond donors (Lipinski definition) is 1. The number of benzene rings is 1. The van der Waals surface area contributed by atoms with Crippen molar-refractivity contribution in [1.29, 1.82) is 0 Å². The topological polar surface area (TPSA) is 32.3 Å². The first kappa shape index (κ1) is 13.7. The van der Waals surface area contributed by atoms with Crippen LogP contribution in [0.2, 0.25) is 5.02 Å². The first-order valence-corrected chi connectivity index (χ1v) is 6.44. The van der Waals surface area contributed by atoms with Crippen molar-refractivity contribution in [1.82, 2.24) is 10.2 Å². The minimum Gasteiger partial charge on any atom is -0.329 e. The van der Waals surface area contributed by atoms with Gasteiger partial charge >= 0.3 is 0 Å². The number of amides is 1. The molecule has 1 aromatic carbocycles. The lowest BCUT2D eigenvalue weighted by molar-refractivity contribution is 0.0691. The molecule has 98 valence electrons. The second-order valence-electron chi connectivity index (χ2n) is 4.61. The summed E-state index contributed by atoms with van der Waals surface area (Å²) in [7, 11) is 0. The Bertz CT molecular complexity index is 490. The third kappa shape index (κ3) is 1.91. The van der Waals surface area contributed by atoms with E-state index in [0.717, 1.165) is 37.2 Å². The SMILES string of the molecule is CCc1cc(Cl)c2c(c1)[C@H]1CNCCN1C2=O.Cl. The van der Waals surface area contributed by atoms with Crippen LogP contribution in [-0.2, 0) is 6.42 Å². The van der Waals surface area contributed by atoms with Crippen LogP contribution in [0.1, 0.15) is 34.5 Å². The standard InChI is InChI=1S/C13H15ClN2O.ClH/c1-2-8-5-9-11-7-15-3-4-16(11)13(17)12(9)10(14)6-8;/h5-6,11,15H,2-4,7H2,1H3;1H/t11-;/m1./s1. The number of piperazine rings is 1. The van der Waals surface area contributed by atoms with Crippen molar-refractivity contribution in [2.75, 3.05) is 19.6 Å². The van der Waals surface area contributed by atoms with Gasteiger partial charge in [-0.05, 0) is 23.6 Å². The maximum atomic E-state index is 12.3. The van der Waals surface area contributed by atoms with E-state index in [1.165, 1.54) is 5.56 Å². The van der Waals surface area contributed by atoms with E-state index in [0.29, 0.717) is 5.02 Å². The van der Waals surface area contributed by atoms with Crippen molar-refractivity contribution >= 4 is 29.9 Å². The Balaban J connectivity index is 0.00000120. The molecule has 0 spiro atoms. The summed E-state index contributed by atoms with van der Waals surface area (Å²) in [5.41, 5.74) is 3.03. The maximum absolute atomic E-state index is 12.3. The van der Waals surface area contributed by atoms with E-state index in [2.05, 4.69) is 18.3 Å². The van der Waals surface area contributed by atoms with Gasteiger partial charge in [-0.25, -0.2) is 0 Å². The van der Waals surface area contributed by atoms with Crippen LogP contribution in [0.3, 0.4) is 0 Å². The summed E-state index contributed by atoms with van der Waals surface area (Å²) in [4.78, 5) is 14.2. The Kier molecular flexibility index (Phi) is 3.85. The van der Waals surface area contributed by atoms with Crippen LogP contribution in [0.25, 0.3) is 0 Å². The van der Waals surface area contributed by atoms with E-state index in [1.807, 2.05) is 11.0 Å². The van der Waals surface area contributed by atoms with Crippen LogP contribution in [0, 0.1) is 0 Å². The number of halogens is 2. The van der Waals surface area contributed by atoms with Crippen molar-refractivity contribution in [2.45, 2.75) is 19.4 Å². The molecule has 5 heteroatoms. The van der Waals surface area contributed by atoms with E-state index in [4.69, 9.17) is 11.6 Å². The molecular formula is C13H16Cl2N2O. The third-order valence-corrected chi connectivity index (χ3v) is 3.96. The lowest BCUT2D eigenvalue weighted by Crippen LogP contribution is -2.44.